The minimum absolute atomic E-state index is 0.748. The van der Waals surface area contributed by atoms with Gasteiger partial charge in [-0.1, -0.05) is 20.8 Å². The quantitative estimate of drug-likeness (QED) is 0.664. The molecule has 1 fully saturated rings. The van der Waals surface area contributed by atoms with Crippen LogP contribution in [0.4, 0.5) is 0 Å². The first kappa shape index (κ1) is 14.9. The van der Waals surface area contributed by atoms with E-state index >= 15 is 0 Å². The van der Waals surface area contributed by atoms with Crippen molar-refractivity contribution in [2.75, 3.05) is 45.8 Å². The largest absolute Gasteiger partial charge is 0.313 e. The first-order chi connectivity index (χ1) is 8.30. The number of rotatable bonds is 9. The average Bonchev–Trinajstić information content (AvgIpc) is 2.83. The van der Waals surface area contributed by atoms with Crippen molar-refractivity contribution in [3.8, 4) is 0 Å². The van der Waals surface area contributed by atoms with Crippen molar-refractivity contribution in [2.24, 2.45) is 0 Å². The van der Waals surface area contributed by atoms with Gasteiger partial charge >= 0.3 is 0 Å². The Morgan fingerprint density at radius 3 is 2.24 bits per heavy atom. The molecule has 1 heterocycles. The van der Waals surface area contributed by atoms with Gasteiger partial charge in [-0.15, -0.1) is 0 Å². The van der Waals surface area contributed by atoms with E-state index in [4.69, 9.17) is 0 Å². The first-order valence-electron chi connectivity index (χ1n) is 7.48. The van der Waals surface area contributed by atoms with Crippen LogP contribution in [0.1, 0.15) is 40.0 Å². The second-order valence-corrected chi connectivity index (χ2v) is 5.12. The zero-order valence-electron chi connectivity index (χ0n) is 12.0. The van der Waals surface area contributed by atoms with E-state index in [0.29, 0.717) is 0 Å². The van der Waals surface area contributed by atoms with Crippen LogP contribution in [0.15, 0.2) is 0 Å². The van der Waals surface area contributed by atoms with Crippen LogP contribution in [0.25, 0.3) is 0 Å². The van der Waals surface area contributed by atoms with Crippen LogP contribution in [0.2, 0.25) is 0 Å². The van der Waals surface area contributed by atoms with E-state index in [1.54, 1.807) is 0 Å². The van der Waals surface area contributed by atoms with Crippen molar-refractivity contribution in [3.63, 3.8) is 0 Å². The summed E-state index contributed by atoms with van der Waals surface area (Å²) in [6.45, 7) is 15.3. The predicted octanol–water partition coefficient (Wildman–Crippen LogP) is 1.79. The van der Waals surface area contributed by atoms with Crippen LogP contribution >= 0.6 is 0 Å². The summed E-state index contributed by atoms with van der Waals surface area (Å²) in [5, 5.41) is 3.61. The number of likely N-dealkylation sites (N-methyl/N-ethyl adjacent to an activating group) is 1. The lowest BCUT2D eigenvalue weighted by Gasteiger charge is -2.28. The maximum atomic E-state index is 3.61. The number of nitrogens with one attached hydrogen (secondary N) is 1. The molecule has 0 aliphatic carbocycles. The summed E-state index contributed by atoms with van der Waals surface area (Å²) in [5.74, 6) is 0. The van der Waals surface area contributed by atoms with Crippen molar-refractivity contribution >= 4 is 0 Å². The normalized spacial score (nSPS) is 20.6. The number of hydrogen-bond donors (Lipinski definition) is 1. The van der Waals surface area contributed by atoms with E-state index in [1.807, 2.05) is 0 Å². The molecule has 0 spiro atoms. The molecule has 1 saturated heterocycles. The molecule has 0 aromatic carbocycles. The zero-order chi connectivity index (χ0) is 12.5. The molecule has 0 aromatic rings. The van der Waals surface area contributed by atoms with Gasteiger partial charge in [-0.2, -0.15) is 0 Å². The van der Waals surface area contributed by atoms with Crippen molar-refractivity contribution in [1.82, 2.24) is 15.1 Å². The maximum absolute atomic E-state index is 3.61. The highest BCUT2D eigenvalue weighted by atomic mass is 15.2. The summed E-state index contributed by atoms with van der Waals surface area (Å²) in [6.07, 6.45) is 4.00. The van der Waals surface area contributed by atoms with Gasteiger partial charge in [-0.3, -0.25) is 0 Å². The van der Waals surface area contributed by atoms with Crippen molar-refractivity contribution < 1.29 is 0 Å². The van der Waals surface area contributed by atoms with Gasteiger partial charge in [-0.25, -0.2) is 0 Å². The summed E-state index contributed by atoms with van der Waals surface area (Å²) in [6, 6.07) is 0.748. The van der Waals surface area contributed by atoms with E-state index in [2.05, 4.69) is 35.9 Å². The van der Waals surface area contributed by atoms with E-state index in [0.717, 1.165) is 6.04 Å². The number of hydrogen-bond acceptors (Lipinski definition) is 3. The molecule has 0 saturated carbocycles. The Morgan fingerprint density at radius 2 is 1.71 bits per heavy atom. The van der Waals surface area contributed by atoms with Gasteiger partial charge in [-0.05, 0) is 45.4 Å². The first-order valence-corrected chi connectivity index (χ1v) is 7.48. The highest BCUT2D eigenvalue weighted by Gasteiger charge is 2.17. The molecule has 1 atom stereocenters. The molecule has 1 rings (SSSR count). The van der Waals surface area contributed by atoms with Crippen molar-refractivity contribution in [2.45, 2.75) is 46.1 Å². The average molecular weight is 241 g/mol. The predicted molar refractivity (Wildman–Crippen MR) is 75.5 cm³/mol. The monoisotopic (exact) mass is 241 g/mol. The van der Waals surface area contributed by atoms with E-state index < -0.39 is 0 Å². The molecule has 3 heteroatoms. The Morgan fingerprint density at radius 1 is 1.00 bits per heavy atom. The molecule has 0 radical (unpaired) electrons. The van der Waals surface area contributed by atoms with Crippen LogP contribution in [0.3, 0.4) is 0 Å². The smallest absolute Gasteiger partial charge is 0.0195 e. The summed E-state index contributed by atoms with van der Waals surface area (Å²) in [7, 11) is 0. The molecular weight excluding hydrogens is 210 g/mol. The van der Waals surface area contributed by atoms with Gasteiger partial charge < -0.3 is 15.1 Å². The SMILES string of the molecule is CCCN(CCN(CC)CC)CC1CCCN1. The minimum Gasteiger partial charge on any atom is -0.313 e. The third-order valence-electron chi connectivity index (χ3n) is 3.81. The van der Waals surface area contributed by atoms with E-state index in [9.17, 15) is 0 Å². The third kappa shape index (κ3) is 5.84. The van der Waals surface area contributed by atoms with Crippen LogP contribution in [-0.4, -0.2) is 61.7 Å². The van der Waals surface area contributed by atoms with Gasteiger partial charge in [0.05, 0.1) is 0 Å². The highest BCUT2D eigenvalue weighted by molar-refractivity contribution is 4.78. The van der Waals surface area contributed by atoms with Gasteiger partial charge in [0.1, 0.15) is 0 Å². The molecule has 102 valence electrons. The fourth-order valence-electron chi connectivity index (χ4n) is 2.66. The molecular formula is C14H31N3. The second kappa shape index (κ2) is 8.90. The van der Waals surface area contributed by atoms with Crippen LogP contribution < -0.4 is 5.32 Å². The van der Waals surface area contributed by atoms with Gasteiger partial charge in [0, 0.05) is 25.7 Å². The fraction of sp³-hybridized carbons (Fsp3) is 1.00. The topological polar surface area (TPSA) is 18.5 Å². The Hall–Kier alpha value is -0.120. The Labute approximate surface area is 108 Å². The second-order valence-electron chi connectivity index (χ2n) is 5.12. The molecule has 17 heavy (non-hydrogen) atoms. The standard InChI is InChI=1S/C14H31N3/c1-4-10-17(12-11-16(5-2)6-3)13-14-8-7-9-15-14/h14-15H,4-13H2,1-3H3. The molecule has 1 unspecified atom stereocenters. The third-order valence-corrected chi connectivity index (χ3v) is 3.81. The lowest BCUT2D eigenvalue weighted by Crippen LogP contribution is -2.42. The molecule has 1 aliphatic heterocycles. The van der Waals surface area contributed by atoms with E-state index in [1.165, 1.54) is 65.1 Å². The van der Waals surface area contributed by atoms with Crippen LogP contribution in [-0.2, 0) is 0 Å². The molecule has 0 aromatic heterocycles. The van der Waals surface area contributed by atoms with Crippen molar-refractivity contribution in [3.05, 3.63) is 0 Å². The summed E-state index contributed by atoms with van der Waals surface area (Å²) >= 11 is 0. The number of nitrogens with zero attached hydrogens (tertiary/aromatic N) is 2. The summed E-state index contributed by atoms with van der Waals surface area (Å²) in [5.41, 5.74) is 0. The lowest BCUT2D eigenvalue weighted by atomic mass is 10.2. The Balaban J connectivity index is 2.26. The van der Waals surface area contributed by atoms with Gasteiger partial charge in [0.15, 0.2) is 0 Å². The zero-order valence-corrected chi connectivity index (χ0v) is 12.0. The molecule has 1 N–H and O–H groups in total. The van der Waals surface area contributed by atoms with Gasteiger partial charge in [0.25, 0.3) is 0 Å². The molecule has 3 nitrogen and oxygen atoms in total. The summed E-state index contributed by atoms with van der Waals surface area (Å²) < 4.78 is 0. The van der Waals surface area contributed by atoms with E-state index in [-0.39, 0.29) is 0 Å². The lowest BCUT2D eigenvalue weighted by molar-refractivity contribution is 0.201. The molecule has 0 bridgehead atoms. The minimum atomic E-state index is 0.748. The van der Waals surface area contributed by atoms with Crippen LogP contribution in [0.5, 0.6) is 0 Å². The molecule has 0 amide bonds. The molecule has 1 aliphatic rings. The Kier molecular flexibility index (Phi) is 7.82. The van der Waals surface area contributed by atoms with Crippen molar-refractivity contribution in [1.29, 1.82) is 0 Å². The highest BCUT2D eigenvalue weighted by Crippen LogP contribution is 2.07. The van der Waals surface area contributed by atoms with Crippen LogP contribution in [0, 0.1) is 0 Å². The fourth-order valence-corrected chi connectivity index (χ4v) is 2.66. The summed E-state index contributed by atoms with van der Waals surface area (Å²) in [4.78, 5) is 5.16. The Bertz CT molecular complexity index is 174. The van der Waals surface area contributed by atoms with Gasteiger partial charge in [0.2, 0.25) is 0 Å². The maximum Gasteiger partial charge on any atom is 0.0195 e.